The number of piperazine rings is 1. The van der Waals surface area contributed by atoms with Crippen LogP contribution in [0, 0.1) is 0 Å². The Balaban J connectivity index is 1.63. The van der Waals surface area contributed by atoms with Crippen LogP contribution in [0.25, 0.3) is 0 Å². The van der Waals surface area contributed by atoms with Crippen molar-refractivity contribution in [3.8, 4) is 0 Å². The lowest BCUT2D eigenvalue weighted by Gasteiger charge is -2.33. The Morgan fingerprint density at radius 3 is 2.48 bits per heavy atom. The SMILES string of the molecule is O=S(=O)(c1ccc(Cl)s1)N1CCN(Cc2cccs2)CC1. The van der Waals surface area contributed by atoms with Crippen molar-refractivity contribution in [2.75, 3.05) is 26.2 Å². The molecule has 0 bridgehead atoms. The smallest absolute Gasteiger partial charge is 0.252 e. The largest absolute Gasteiger partial charge is 0.296 e. The normalized spacial score (nSPS) is 18.1. The van der Waals surface area contributed by atoms with Gasteiger partial charge in [0, 0.05) is 37.6 Å². The second-order valence-electron chi connectivity index (χ2n) is 4.82. The van der Waals surface area contributed by atoms with Gasteiger partial charge in [-0.1, -0.05) is 17.7 Å². The first-order chi connectivity index (χ1) is 10.1. The van der Waals surface area contributed by atoms with E-state index in [1.165, 1.54) is 4.88 Å². The van der Waals surface area contributed by atoms with Crippen molar-refractivity contribution >= 4 is 44.3 Å². The van der Waals surface area contributed by atoms with Crippen LogP contribution in [0.15, 0.2) is 33.9 Å². The molecule has 0 atom stereocenters. The molecule has 3 rings (SSSR count). The van der Waals surface area contributed by atoms with E-state index in [1.807, 2.05) is 6.07 Å². The Morgan fingerprint density at radius 2 is 1.90 bits per heavy atom. The molecule has 1 aliphatic heterocycles. The van der Waals surface area contributed by atoms with Gasteiger partial charge in [-0.2, -0.15) is 4.31 Å². The molecule has 0 aliphatic carbocycles. The molecule has 0 radical (unpaired) electrons. The van der Waals surface area contributed by atoms with Crippen molar-refractivity contribution in [2.24, 2.45) is 0 Å². The summed E-state index contributed by atoms with van der Waals surface area (Å²) in [6.45, 7) is 3.48. The van der Waals surface area contributed by atoms with Crippen LogP contribution in [0.1, 0.15) is 4.88 Å². The van der Waals surface area contributed by atoms with E-state index in [0.717, 1.165) is 31.0 Å². The number of nitrogens with zero attached hydrogens (tertiary/aromatic N) is 2. The predicted octanol–water partition coefficient (Wildman–Crippen LogP) is 2.97. The van der Waals surface area contributed by atoms with Gasteiger partial charge in [0.25, 0.3) is 10.0 Å². The quantitative estimate of drug-likeness (QED) is 0.839. The van der Waals surface area contributed by atoms with Gasteiger partial charge >= 0.3 is 0 Å². The molecular formula is C13H15ClN2O2S3. The topological polar surface area (TPSA) is 40.6 Å². The van der Waals surface area contributed by atoms with Gasteiger partial charge in [0.15, 0.2) is 0 Å². The van der Waals surface area contributed by atoms with Crippen molar-refractivity contribution in [3.63, 3.8) is 0 Å². The molecule has 114 valence electrons. The van der Waals surface area contributed by atoms with E-state index in [4.69, 9.17) is 11.6 Å². The monoisotopic (exact) mass is 362 g/mol. The number of thiophene rings is 2. The Kier molecular flexibility index (Phi) is 4.68. The third-order valence-corrected chi connectivity index (χ3v) is 7.89. The fourth-order valence-electron chi connectivity index (χ4n) is 2.31. The average Bonchev–Trinajstić information content (AvgIpc) is 3.11. The van der Waals surface area contributed by atoms with Gasteiger partial charge in [0.1, 0.15) is 4.21 Å². The molecule has 0 saturated carbocycles. The zero-order valence-electron chi connectivity index (χ0n) is 11.2. The number of hydrogen-bond donors (Lipinski definition) is 0. The van der Waals surface area contributed by atoms with Gasteiger partial charge in [0.05, 0.1) is 4.34 Å². The summed E-state index contributed by atoms with van der Waals surface area (Å²) in [5.41, 5.74) is 0. The van der Waals surface area contributed by atoms with Crippen molar-refractivity contribution in [1.82, 2.24) is 9.21 Å². The van der Waals surface area contributed by atoms with E-state index in [2.05, 4.69) is 16.3 Å². The number of hydrogen-bond acceptors (Lipinski definition) is 5. The first-order valence-corrected chi connectivity index (χ1v) is 10.1. The fourth-order valence-corrected chi connectivity index (χ4v) is 6.12. The van der Waals surface area contributed by atoms with Gasteiger partial charge in [0.2, 0.25) is 0 Å². The summed E-state index contributed by atoms with van der Waals surface area (Å²) >= 11 is 8.69. The zero-order valence-corrected chi connectivity index (χ0v) is 14.4. The highest BCUT2D eigenvalue weighted by Gasteiger charge is 2.29. The molecule has 0 spiro atoms. The van der Waals surface area contributed by atoms with Crippen LogP contribution in [-0.4, -0.2) is 43.8 Å². The molecule has 2 aromatic rings. The van der Waals surface area contributed by atoms with Crippen molar-refractivity contribution in [2.45, 2.75) is 10.8 Å². The molecule has 0 amide bonds. The zero-order chi connectivity index (χ0) is 14.9. The summed E-state index contributed by atoms with van der Waals surface area (Å²) in [4.78, 5) is 3.61. The van der Waals surface area contributed by atoms with Crippen LogP contribution < -0.4 is 0 Å². The third-order valence-electron chi connectivity index (χ3n) is 3.43. The van der Waals surface area contributed by atoms with Gasteiger partial charge < -0.3 is 0 Å². The third kappa shape index (κ3) is 3.49. The maximum Gasteiger partial charge on any atom is 0.252 e. The molecule has 1 aliphatic rings. The van der Waals surface area contributed by atoms with Gasteiger partial charge in [-0.05, 0) is 23.6 Å². The number of sulfonamides is 1. The summed E-state index contributed by atoms with van der Waals surface area (Å²) < 4.78 is 27.4. The molecule has 21 heavy (non-hydrogen) atoms. The first-order valence-electron chi connectivity index (χ1n) is 6.56. The molecule has 3 heterocycles. The Hall–Kier alpha value is -0.440. The second kappa shape index (κ2) is 6.36. The van der Waals surface area contributed by atoms with Crippen molar-refractivity contribution in [1.29, 1.82) is 0 Å². The second-order valence-corrected chi connectivity index (χ2v) is 9.73. The fraction of sp³-hybridized carbons (Fsp3) is 0.385. The molecule has 1 saturated heterocycles. The number of halogens is 1. The Bertz CT molecular complexity index is 689. The van der Waals surface area contributed by atoms with Crippen LogP contribution in [0.5, 0.6) is 0 Å². The van der Waals surface area contributed by atoms with Crippen LogP contribution in [-0.2, 0) is 16.6 Å². The standard InChI is InChI=1S/C13H15ClN2O2S3/c14-12-3-4-13(20-12)21(17,18)16-7-5-15(6-8-16)10-11-2-1-9-19-11/h1-4,9H,5-8,10H2. The molecule has 8 heteroatoms. The molecule has 1 fully saturated rings. The minimum Gasteiger partial charge on any atom is -0.296 e. The van der Waals surface area contributed by atoms with Gasteiger partial charge in [-0.25, -0.2) is 8.42 Å². The lowest BCUT2D eigenvalue weighted by molar-refractivity contribution is 0.183. The van der Waals surface area contributed by atoms with E-state index in [-0.39, 0.29) is 0 Å². The van der Waals surface area contributed by atoms with Gasteiger partial charge in [-0.3, -0.25) is 4.90 Å². The van der Waals surface area contributed by atoms with Crippen LogP contribution in [0.3, 0.4) is 0 Å². The maximum absolute atomic E-state index is 12.5. The summed E-state index contributed by atoms with van der Waals surface area (Å²) in [5, 5.41) is 2.07. The predicted molar refractivity (Wildman–Crippen MR) is 87.7 cm³/mol. The van der Waals surface area contributed by atoms with E-state index in [0.29, 0.717) is 21.6 Å². The lowest BCUT2D eigenvalue weighted by Crippen LogP contribution is -2.47. The van der Waals surface area contributed by atoms with Crippen molar-refractivity contribution < 1.29 is 8.42 Å². The minimum absolute atomic E-state index is 0.333. The Labute approximate surface area is 137 Å². The van der Waals surface area contributed by atoms with Crippen molar-refractivity contribution in [3.05, 3.63) is 38.9 Å². The van der Waals surface area contributed by atoms with Crippen LogP contribution in [0.4, 0.5) is 0 Å². The van der Waals surface area contributed by atoms with E-state index < -0.39 is 10.0 Å². The summed E-state index contributed by atoms with van der Waals surface area (Å²) in [7, 11) is -3.38. The lowest BCUT2D eigenvalue weighted by atomic mass is 10.3. The molecule has 0 N–H and O–H groups in total. The summed E-state index contributed by atoms with van der Waals surface area (Å²) in [6.07, 6.45) is 0. The molecule has 4 nitrogen and oxygen atoms in total. The van der Waals surface area contributed by atoms with E-state index >= 15 is 0 Å². The van der Waals surface area contributed by atoms with Crippen LogP contribution >= 0.6 is 34.3 Å². The summed E-state index contributed by atoms with van der Waals surface area (Å²) in [6, 6.07) is 7.37. The minimum atomic E-state index is -3.38. The molecule has 0 unspecified atom stereocenters. The molecular weight excluding hydrogens is 348 g/mol. The van der Waals surface area contributed by atoms with E-state index in [1.54, 1.807) is 27.8 Å². The number of rotatable bonds is 4. The highest BCUT2D eigenvalue weighted by Crippen LogP contribution is 2.28. The summed E-state index contributed by atoms with van der Waals surface area (Å²) in [5.74, 6) is 0. The Morgan fingerprint density at radius 1 is 1.14 bits per heavy atom. The molecule has 0 aromatic carbocycles. The molecule has 2 aromatic heterocycles. The van der Waals surface area contributed by atoms with Gasteiger partial charge in [-0.15, -0.1) is 22.7 Å². The first kappa shape index (κ1) is 15.5. The highest BCUT2D eigenvalue weighted by atomic mass is 35.5. The average molecular weight is 363 g/mol. The maximum atomic E-state index is 12.5. The van der Waals surface area contributed by atoms with E-state index in [9.17, 15) is 8.42 Å². The highest BCUT2D eigenvalue weighted by molar-refractivity contribution is 7.91. The van der Waals surface area contributed by atoms with Crippen LogP contribution in [0.2, 0.25) is 4.34 Å².